The Morgan fingerprint density at radius 3 is 0.229 bits per heavy atom. The maximum atomic E-state index is 10.2. The Hall–Kier alpha value is -3.50. The minimum Gasteiger partial charge on any atom is -0.889 e. The predicted molar refractivity (Wildman–Crippen MR) is 610 cm³/mol. The monoisotopic (exact) mass is 1970 g/mol. The van der Waals surface area contributed by atoms with Crippen LogP contribution in [0.1, 0.15) is 474 Å². The molecule has 0 saturated heterocycles. The van der Waals surface area contributed by atoms with Crippen LogP contribution in [-0.4, -0.2) is 186 Å². The van der Waals surface area contributed by atoms with Crippen LogP contribution < -0.4 is 101 Å². The third-order valence-electron chi connectivity index (χ3n) is 25.5. The molecule has 16 nitrogen and oxygen atoms in total. The van der Waals surface area contributed by atoms with Crippen LogP contribution in [0.3, 0.4) is 0 Å². The van der Waals surface area contributed by atoms with E-state index in [1.54, 1.807) is 72.8 Å². The third kappa shape index (κ3) is 121. The SMILES string of the molecule is CCCC[NH+](CCCC)CCCC.CCCC[NH+](CCCC)CCCC.CCCC[NH+](CCCC)CCCC.CCCC[NH+](CCCC)CCCC.CCCC[NH+](CCCC)CCCC.CCCC[NH+](CCCC)CCCC.CCCC[NH+](CCCC)CCCC.CCCC[NH+](CCCC)CCCC.[O-]B([O-])c1ccccc1.[O-]B([O-])c1ccccc1.[O-]B([O-])c1ccccc1.[O-]B([O-])c1ccccc1. The lowest BCUT2D eigenvalue weighted by molar-refractivity contribution is -0.900. The first kappa shape index (κ1) is 152. The maximum absolute atomic E-state index is 10.2. The number of quaternary nitrogens is 8. The maximum Gasteiger partial charge on any atom is 0.0770 e. The number of nitrogens with one attached hydrogen (secondary N) is 8. The van der Waals surface area contributed by atoms with Crippen LogP contribution in [0, 0.1) is 0 Å². The van der Waals surface area contributed by atoms with Crippen LogP contribution in [-0.2, 0) is 0 Å². The third-order valence-corrected chi connectivity index (χ3v) is 25.5. The molecule has 0 saturated carbocycles. The van der Waals surface area contributed by atoms with Crippen molar-refractivity contribution in [2.45, 2.75) is 474 Å². The van der Waals surface area contributed by atoms with Crippen LogP contribution in [0.5, 0.6) is 0 Å². The van der Waals surface area contributed by atoms with E-state index in [4.69, 9.17) is 0 Å². The molecule has 0 amide bonds. The molecule has 140 heavy (non-hydrogen) atoms. The van der Waals surface area contributed by atoms with Gasteiger partial charge in [0.15, 0.2) is 0 Å². The average molecular weight is 1970 g/mol. The van der Waals surface area contributed by atoms with E-state index in [9.17, 15) is 40.2 Å². The molecule has 20 heteroatoms. The van der Waals surface area contributed by atoms with E-state index in [1.165, 1.54) is 514 Å². The fourth-order valence-electron chi connectivity index (χ4n) is 15.7. The van der Waals surface area contributed by atoms with Crippen molar-refractivity contribution >= 4 is 50.3 Å². The summed E-state index contributed by atoms with van der Waals surface area (Å²) in [7, 11) is -7.37. The van der Waals surface area contributed by atoms with E-state index in [2.05, 4.69) is 166 Å². The predicted octanol–water partition coefficient (Wildman–Crippen LogP) is 10.6. The molecule has 0 unspecified atom stereocenters. The fraction of sp³-hybridized carbons (Fsp3) is 0.800. The number of unbranched alkanes of at least 4 members (excludes halogenated alkanes) is 24. The highest BCUT2D eigenvalue weighted by molar-refractivity contribution is 6.56. The summed E-state index contributed by atoms with van der Waals surface area (Å²) in [5, 5.41) is 81.4. The Kier molecular flexibility index (Phi) is 143. The van der Waals surface area contributed by atoms with Crippen molar-refractivity contribution in [2.75, 3.05) is 157 Å². The van der Waals surface area contributed by atoms with Gasteiger partial charge < -0.3 is 79.4 Å². The largest absolute Gasteiger partial charge is 0.889 e. The normalized spacial score (nSPS) is 10.6. The van der Waals surface area contributed by atoms with Gasteiger partial charge in [-0.05, 0) is 154 Å². The summed E-state index contributed by atoms with van der Waals surface area (Å²) in [5.41, 5.74) is 1.21. The van der Waals surface area contributed by atoms with Crippen molar-refractivity contribution in [1.82, 2.24) is 0 Å². The number of benzene rings is 4. The lowest BCUT2D eigenvalue weighted by atomic mass is 9.81. The molecule has 0 radical (unpaired) electrons. The Morgan fingerprint density at radius 1 is 0.121 bits per heavy atom. The first-order chi connectivity index (χ1) is 68.0. The van der Waals surface area contributed by atoms with E-state index >= 15 is 0 Å². The highest BCUT2D eigenvalue weighted by Gasteiger charge is 2.13. The molecule has 0 atom stereocenters. The molecular weight excluding hydrogens is 1720 g/mol. The minimum atomic E-state index is -1.84. The second-order valence-corrected chi connectivity index (χ2v) is 39.5. The molecule has 0 heterocycles. The molecule has 0 aliphatic heterocycles. The first-order valence-electron chi connectivity index (χ1n) is 60.1. The Labute approximate surface area is 877 Å². The summed E-state index contributed by atoms with van der Waals surface area (Å²) >= 11 is 0. The summed E-state index contributed by atoms with van der Waals surface area (Å²) in [6.07, 6.45) is 66.1. The molecule has 0 aromatic heterocycles. The molecule has 0 aliphatic rings. The van der Waals surface area contributed by atoms with E-state index in [0.29, 0.717) is 21.9 Å². The highest BCUT2D eigenvalue weighted by Crippen LogP contribution is 1.96. The van der Waals surface area contributed by atoms with Crippen molar-refractivity contribution in [3.8, 4) is 0 Å². The van der Waals surface area contributed by atoms with E-state index in [1.807, 2.05) is 39.2 Å². The fourth-order valence-corrected chi connectivity index (χ4v) is 15.7. The molecule has 4 rings (SSSR count). The van der Waals surface area contributed by atoms with Gasteiger partial charge in [-0.2, -0.15) is 0 Å². The van der Waals surface area contributed by atoms with Gasteiger partial charge in [-0.25, -0.2) is 0 Å². The van der Waals surface area contributed by atoms with Gasteiger partial charge in [0.25, 0.3) is 0 Å². The molecule has 0 fully saturated rings. The summed E-state index contributed by atoms with van der Waals surface area (Å²) < 4.78 is 0. The zero-order chi connectivity index (χ0) is 106. The smallest absolute Gasteiger partial charge is 0.0770 e. The molecule has 4 aromatic rings. The van der Waals surface area contributed by atoms with Gasteiger partial charge in [0.2, 0.25) is 0 Å². The topological polar surface area (TPSA) is 220 Å². The van der Waals surface area contributed by atoms with Gasteiger partial charge in [-0.1, -0.05) is 470 Å². The van der Waals surface area contributed by atoms with Crippen LogP contribution in [0.4, 0.5) is 0 Å². The summed E-state index contributed by atoms with van der Waals surface area (Å²) in [6.45, 7) is 88.5. The quantitative estimate of drug-likeness (QED) is 0.0198. The summed E-state index contributed by atoms with van der Waals surface area (Å²) in [4.78, 5) is 14.7. The lowest BCUT2D eigenvalue weighted by Crippen LogP contribution is -3.12. The van der Waals surface area contributed by atoms with Crippen LogP contribution >= 0.6 is 0 Å². The molecule has 824 valence electrons. The molecule has 4 aromatic carbocycles. The molecule has 0 bridgehead atoms. The van der Waals surface area contributed by atoms with Crippen LogP contribution in [0.2, 0.25) is 0 Å². The van der Waals surface area contributed by atoms with Crippen LogP contribution in [0.25, 0.3) is 0 Å². The zero-order valence-corrected chi connectivity index (χ0v) is 98.0. The lowest BCUT2D eigenvalue weighted by Gasteiger charge is -2.26. The first-order valence-corrected chi connectivity index (χ1v) is 60.1. The number of hydrogen-bond donors (Lipinski definition) is 8. The van der Waals surface area contributed by atoms with E-state index in [-0.39, 0.29) is 0 Å². The molecular formula is C120H244B4N8O8. The standard InChI is InChI=1S/8C12H27N.4C6H5BO2/c8*1-4-7-10-13(11-8-5-2)12-9-6-3;4*8-7(9)6-4-2-1-3-5-6/h8*4-12H2,1-3H3;4*1-5H/q;;;;;;;;4*-2/p+8. The second-order valence-electron chi connectivity index (χ2n) is 39.5. The Bertz CT molecular complexity index is 2130. The van der Waals surface area contributed by atoms with Crippen LogP contribution in [0.15, 0.2) is 121 Å². The van der Waals surface area contributed by atoms with Crippen molar-refractivity contribution in [1.29, 1.82) is 0 Å². The van der Waals surface area contributed by atoms with Crippen molar-refractivity contribution < 1.29 is 79.4 Å². The molecule has 0 aliphatic carbocycles. The zero-order valence-electron chi connectivity index (χ0n) is 98.0. The van der Waals surface area contributed by atoms with E-state index in [0.717, 1.165) is 0 Å². The van der Waals surface area contributed by atoms with Crippen molar-refractivity contribution in [3.05, 3.63) is 121 Å². The van der Waals surface area contributed by atoms with Gasteiger partial charge >= 0.3 is 0 Å². The van der Waals surface area contributed by atoms with Gasteiger partial charge in [0.1, 0.15) is 0 Å². The van der Waals surface area contributed by atoms with Crippen molar-refractivity contribution in [2.24, 2.45) is 0 Å². The number of hydrogen-bond acceptors (Lipinski definition) is 8. The molecule has 0 spiro atoms. The summed E-state index contributed by atoms with van der Waals surface area (Å²) in [5.74, 6) is 0. The minimum absolute atomic E-state index is 0.303. The summed E-state index contributed by atoms with van der Waals surface area (Å²) in [6, 6.07) is 32.8. The van der Waals surface area contributed by atoms with E-state index < -0.39 is 28.5 Å². The second kappa shape index (κ2) is 132. The Morgan fingerprint density at radius 2 is 0.186 bits per heavy atom. The average Bonchev–Trinajstić information content (AvgIpc) is 0.947. The molecule has 8 N–H and O–H groups in total. The number of rotatable bonds is 76. The van der Waals surface area contributed by atoms with Crippen molar-refractivity contribution in [3.63, 3.8) is 0 Å². The van der Waals surface area contributed by atoms with Gasteiger partial charge in [0.05, 0.1) is 157 Å². The van der Waals surface area contributed by atoms with Gasteiger partial charge in [-0.3, -0.25) is 0 Å². The van der Waals surface area contributed by atoms with Gasteiger partial charge in [0, 0.05) is 0 Å². The highest BCUT2D eigenvalue weighted by atomic mass is 16.4. The van der Waals surface area contributed by atoms with Gasteiger partial charge in [-0.15, -0.1) is 21.9 Å². The Balaban J connectivity index is -0.000000227.